The maximum Gasteiger partial charge on any atom is 0.257 e. The number of anilines is 2. The van der Waals surface area contributed by atoms with Crippen molar-refractivity contribution in [1.82, 2.24) is 4.98 Å². The summed E-state index contributed by atoms with van der Waals surface area (Å²) in [6.45, 7) is 0.474. The van der Waals surface area contributed by atoms with E-state index in [0.717, 1.165) is 17.7 Å². The number of nitrogens with zero attached hydrogens (tertiary/aromatic N) is 1. The molecule has 27 heavy (non-hydrogen) atoms. The Morgan fingerprint density at radius 3 is 2.48 bits per heavy atom. The maximum atomic E-state index is 13.7. The molecule has 0 atom stereocenters. The number of hydrogen-bond acceptors (Lipinski definition) is 3. The van der Waals surface area contributed by atoms with Gasteiger partial charge in [-0.2, -0.15) is 0 Å². The summed E-state index contributed by atoms with van der Waals surface area (Å²) in [5.41, 5.74) is 1.19. The van der Waals surface area contributed by atoms with Crippen molar-refractivity contribution in [3.8, 4) is 0 Å². The fourth-order valence-electron chi connectivity index (χ4n) is 2.28. The highest BCUT2D eigenvalue weighted by molar-refractivity contribution is 6.30. The van der Waals surface area contributed by atoms with E-state index in [1.807, 2.05) is 12.1 Å². The number of aromatic nitrogens is 1. The van der Waals surface area contributed by atoms with Crippen LogP contribution in [-0.4, -0.2) is 10.9 Å². The summed E-state index contributed by atoms with van der Waals surface area (Å²) in [7, 11) is 0. The molecule has 2 N–H and O–H groups in total. The van der Waals surface area contributed by atoms with Crippen molar-refractivity contribution in [1.29, 1.82) is 0 Å². The molecular weight excluding hydrogens is 379 g/mol. The van der Waals surface area contributed by atoms with Crippen LogP contribution in [0.5, 0.6) is 0 Å². The summed E-state index contributed by atoms with van der Waals surface area (Å²) in [5, 5.41) is 5.93. The van der Waals surface area contributed by atoms with E-state index in [9.17, 15) is 18.0 Å². The van der Waals surface area contributed by atoms with Crippen LogP contribution < -0.4 is 10.6 Å². The average Bonchev–Trinajstić information content (AvgIpc) is 2.68. The van der Waals surface area contributed by atoms with E-state index in [-0.39, 0.29) is 5.56 Å². The standard InChI is InChI=1S/C19H13ClF3N3O/c20-13-3-1-11(2-4-13)8-25-14-7-12(9-24-10-14)19(27)26-16-6-5-15(21)17(22)18(16)23/h1-7,9-10,25H,8H2,(H,26,27). The molecular formula is C19H13ClF3N3O. The summed E-state index contributed by atoms with van der Waals surface area (Å²) in [6.07, 6.45) is 2.80. The van der Waals surface area contributed by atoms with Gasteiger partial charge in [0.1, 0.15) is 0 Å². The molecule has 0 radical (unpaired) electrons. The van der Waals surface area contributed by atoms with Crippen LogP contribution in [0.1, 0.15) is 15.9 Å². The van der Waals surface area contributed by atoms with E-state index in [2.05, 4.69) is 15.6 Å². The van der Waals surface area contributed by atoms with Gasteiger partial charge in [-0.05, 0) is 35.9 Å². The lowest BCUT2D eigenvalue weighted by atomic mass is 10.2. The van der Waals surface area contributed by atoms with Crippen molar-refractivity contribution in [3.05, 3.63) is 88.5 Å². The molecule has 0 aliphatic rings. The summed E-state index contributed by atoms with van der Waals surface area (Å²) >= 11 is 5.83. The first-order chi connectivity index (χ1) is 12.9. The summed E-state index contributed by atoms with van der Waals surface area (Å²) in [5.74, 6) is -5.15. The van der Waals surface area contributed by atoms with Gasteiger partial charge in [-0.15, -0.1) is 0 Å². The van der Waals surface area contributed by atoms with Gasteiger partial charge in [0.05, 0.1) is 16.9 Å². The Hall–Kier alpha value is -3.06. The second-order valence-electron chi connectivity index (χ2n) is 5.62. The van der Waals surface area contributed by atoms with Crippen LogP contribution in [0.15, 0.2) is 54.9 Å². The molecule has 8 heteroatoms. The molecule has 2 aromatic carbocycles. The summed E-state index contributed by atoms with van der Waals surface area (Å²) in [4.78, 5) is 16.2. The van der Waals surface area contributed by atoms with Crippen LogP contribution in [0.2, 0.25) is 5.02 Å². The first kappa shape index (κ1) is 18.7. The zero-order valence-corrected chi connectivity index (χ0v) is 14.5. The van der Waals surface area contributed by atoms with Crippen molar-refractivity contribution in [2.45, 2.75) is 6.54 Å². The second-order valence-corrected chi connectivity index (χ2v) is 6.06. The van der Waals surface area contributed by atoms with Crippen LogP contribution in [0, 0.1) is 17.5 Å². The molecule has 0 saturated carbocycles. The molecule has 4 nitrogen and oxygen atoms in total. The van der Waals surface area contributed by atoms with Crippen LogP contribution >= 0.6 is 11.6 Å². The average molecular weight is 392 g/mol. The van der Waals surface area contributed by atoms with Crippen molar-refractivity contribution in [2.75, 3.05) is 10.6 Å². The number of carbonyl (C=O) groups is 1. The lowest BCUT2D eigenvalue weighted by Crippen LogP contribution is -2.14. The third kappa shape index (κ3) is 4.57. The Balaban J connectivity index is 1.70. The van der Waals surface area contributed by atoms with E-state index in [0.29, 0.717) is 17.3 Å². The van der Waals surface area contributed by atoms with Gasteiger partial charge in [-0.1, -0.05) is 23.7 Å². The molecule has 1 heterocycles. The minimum Gasteiger partial charge on any atom is -0.380 e. The number of pyridine rings is 1. The lowest BCUT2D eigenvalue weighted by Gasteiger charge is -2.10. The minimum atomic E-state index is -1.65. The number of rotatable bonds is 5. The Morgan fingerprint density at radius 2 is 1.74 bits per heavy atom. The first-order valence-electron chi connectivity index (χ1n) is 7.82. The molecule has 138 valence electrons. The highest BCUT2D eigenvalue weighted by Gasteiger charge is 2.16. The van der Waals surface area contributed by atoms with E-state index >= 15 is 0 Å². The van der Waals surface area contributed by atoms with Gasteiger partial charge < -0.3 is 10.6 Å². The summed E-state index contributed by atoms with van der Waals surface area (Å²) < 4.78 is 39.9. The number of hydrogen-bond donors (Lipinski definition) is 2. The molecule has 3 rings (SSSR count). The van der Waals surface area contributed by atoms with Gasteiger partial charge in [0.15, 0.2) is 17.5 Å². The first-order valence-corrected chi connectivity index (χ1v) is 8.20. The van der Waals surface area contributed by atoms with Crippen LogP contribution in [0.4, 0.5) is 24.5 Å². The van der Waals surface area contributed by atoms with Crippen molar-refractivity contribution in [2.24, 2.45) is 0 Å². The number of benzene rings is 2. The molecule has 3 aromatic rings. The predicted molar refractivity (Wildman–Crippen MR) is 97.3 cm³/mol. The third-order valence-electron chi connectivity index (χ3n) is 3.69. The maximum absolute atomic E-state index is 13.7. The molecule has 0 aliphatic carbocycles. The zero-order chi connectivity index (χ0) is 19.4. The summed E-state index contributed by atoms with van der Waals surface area (Å²) in [6, 6.07) is 10.4. The van der Waals surface area contributed by atoms with Gasteiger partial charge in [0.25, 0.3) is 5.91 Å². The normalized spacial score (nSPS) is 10.5. The molecule has 0 saturated heterocycles. The molecule has 0 spiro atoms. The molecule has 1 amide bonds. The van der Waals surface area contributed by atoms with E-state index < -0.39 is 29.0 Å². The van der Waals surface area contributed by atoms with Crippen molar-refractivity contribution in [3.63, 3.8) is 0 Å². The van der Waals surface area contributed by atoms with Gasteiger partial charge in [-0.3, -0.25) is 9.78 Å². The molecule has 1 aromatic heterocycles. The van der Waals surface area contributed by atoms with Gasteiger partial charge in [0, 0.05) is 24.0 Å². The topological polar surface area (TPSA) is 54.0 Å². The van der Waals surface area contributed by atoms with Crippen LogP contribution in [-0.2, 0) is 6.54 Å². The fourth-order valence-corrected chi connectivity index (χ4v) is 2.41. The van der Waals surface area contributed by atoms with Gasteiger partial charge >= 0.3 is 0 Å². The number of nitrogens with one attached hydrogen (secondary N) is 2. The Labute approximate surface area is 158 Å². The molecule has 0 aliphatic heterocycles. The lowest BCUT2D eigenvalue weighted by molar-refractivity contribution is 0.102. The number of carbonyl (C=O) groups excluding carboxylic acids is 1. The molecule has 0 bridgehead atoms. The highest BCUT2D eigenvalue weighted by atomic mass is 35.5. The van der Waals surface area contributed by atoms with E-state index in [1.54, 1.807) is 12.1 Å². The monoisotopic (exact) mass is 391 g/mol. The molecule has 0 unspecified atom stereocenters. The Morgan fingerprint density at radius 1 is 1.00 bits per heavy atom. The fraction of sp³-hybridized carbons (Fsp3) is 0.0526. The van der Waals surface area contributed by atoms with Crippen molar-refractivity contribution >= 4 is 28.9 Å². The largest absolute Gasteiger partial charge is 0.380 e. The van der Waals surface area contributed by atoms with E-state index in [4.69, 9.17) is 11.6 Å². The van der Waals surface area contributed by atoms with Crippen LogP contribution in [0.25, 0.3) is 0 Å². The zero-order valence-electron chi connectivity index (χ0n) is 13.8. The smallest absolute Gasteiger partial charge is 0.257 e. The third-order valence-corrected chi connectivity index (χ3v) is 3.95. The number of amides is 1. The quantitative estimate of drug-likeness (QED) is 0.601. The minimum absolute atomic E-state index is 0.125. The van der Waals surface area contributed by atoms with Gasteiger partial charge in [-0.25, -0.2) is 13.2 Å². The van der Waals surface area contributed by atoms with Crippen LogP contribution in [0.3, 0.4) is 0 Å². The van der Waals surface area contributed by atoms with Crippen molar-refractivity contribution < 1.29 is 18.0 Å². The Kier molecular flexibility index (Phi) is 5.61. The second kappa shape index (κ2) is 8.09. The number of halogens is 4. The Bertz CT molecular complexity index is 980. The van der Waals surface area contributed by atoms with Gasteiger partial charge in [0.2, 0.25) is 0 Å². The predicted octanol–water partition coefficient (Wildman–Crippen LogP) is 5.02. The highest BCUT2D eigenvalue weighted by Crippen LogP contribution is 2.21. The SMILES string of the molecule is O=C(Nc1ccc(F)c(F)c1F)c1cncc(NCc2ccc(Cl)cc2)c1. The molecule has 0 fully saturated rings. The van der Waals surface area contributed by atoms with E-state index in [1.165, 1.54) is 18.5 Å².